The van der Waals surface area contributed by atoms with Crippen molar-refractivity contribution in [1.29, 1.82) is 0 Å². The number of carbonyl (C=O) groups excluding carboxylic acids is 2. The van der Waals surface area contributed by atoms with Crippen molar-refractivity contribution < 1.29 is 14.3 Å². The molecule has 0 aromatic rings. The fraction of sp³-hybridized carbons (Fsp3) is 0.818. The third-order valence-electron chi connectivity index (χ3n) is 1.93. The van der Waals surface area contributed by atoms with E-state index < -0.39 is 0 Å². The van der Waals surface area contributed by atoms with E-state index in [1.807, 2.05) is 13.8 Å². The number of unbranched alkanes of at least 4 members (excludes halogenated alkanes) is 1. The van der Waals surface area contributed by atoms with E-state index in [0.29, 0.717) is 26.1 Å². The predicted molar refractivity (Wildman–Crippen MR) is 62.0 cm³/mol. The van der Waals surface area contributed by atoms with Gasteiger partial charge in [0.2, 0.25) is 5.91 Å². The highest BCUT2D eigenvalue weighted by Gasteiger charge is 2.02. The zero-order chi connectivity index (χ0) is 12.2. The van der Waals surface area contributed by atoms with E-state index in [2.05, 4.69) is 10.6 Å². The van der Waals surface area contributed by atoms with E-state index in [-0.39, 0.29) is 18.4 Å². The Labute approximate surface area is 96.9 Å². The van der Waals surface area contributed by atoms with Crippen LogP contribution in [0.1, 0.15) is 33.1 Å². The summed E-state index contributed by atoms with van der Waals surface area (Å²) in [4.78, 5) is 22.1. The molecule has 0 aliphatic rings. The van der Waals surface area contributed by atoms with Crippen LogP contribution in [-0.4, -0.2) is 38.1 Å². The van der Waals surface area contributed by atoms with Crippen LogP contribution < -0.4 is 10.6 Å². The summed E-state index contributed by atoms with van der Waals surface area (Å²) in [5.74, 6) is -0.265. The first-order valence-corrected chi connectivity index (χ1v) is 5.83. The minimum Gasteiger partial charge on any atom is -0.465 e. The largest absolute Gasteiger partial charge is 0.465 e. The fourth-order valence-electron chi connectivity index (χ4n) is 1.06. The van der Waals surface area contributed by atoms with Crippen LogP contribution in [0.3, 0.4) is 0 Å². The van der Waals surface area contributed by atoms with Gasteiger partial charge in [0.25, 0.3) is 0 Å². The molecule has 0 aliphatic heterocycles. The Morgan fingerprint density at radius 1 is 1.25 bits per heavy atom. The maximum atomic E-state index is 11.1. The van der Waals surface area contributed by atoms with Gasteiger partial charge < -0.3 is 15.4 Å². The Balaban J connectivity index is 3.30. The average molecular weight is 230 g/mol. The Hall–Kier alpha value is -1.10. The number of carbonyl (C=O) groups is 2. The number of esters is 1. The molecule has 2 N–H and O–H groups in total. The molecule has 0 rings (SSSR count). The normalized spacial score (nSPS) is 9.88. The van der Waals surface area contributed by atoms with Crippen molar-refractivity contribution in [2.45, 2.75) is 33.1 Å². The van der Waals surface area contributed by atoms with Crippen LogP contribution in [0.15, 0.2) is 0 Å². The number of nitrogens with one attached hydrogen (secondary N) is 2. The molecule has 0 fully saturated rings. The maximum absolute atomic E-state index is 11.1. The summed E-state index contributed by atoms with van der Waals surface area (Å²) in [5, 5.41) is 5.55. The van der Waals surface area contributed by atoms with Crippen molar-refractivity contribution in [3.63, 3.8) is 0 Å². The van der Waals surface area contributed by atoms with Crippen molar-refractivity contribution in [3.05, 3.63) is 0 Å². The summed E-state index contributed by atoms with van der Waals surface area (Å²) in [6.07, 6.45) is 2.29. The van der Waals surface area contributed by atoms with Gasteiger partial charge >= 0.3 is 5.97 Å². The molecule has 0 spiro atoms. The van der Waals surface area contributed by atoms with Gasteiger partial charge in [-0.2, -0.15) is 0 Å². The van der Waals surface area contributed by atoms with Gasteiger partial charge in [-0.15, -0.1) is 0 Å². The SMILES string of the molecule is CCCCOC(=O)CNCCC(=O)NCC. The van der Waals surface area contributed by atoms with Gasteiger partial charge in [-0.3, -0.25) is 9.59 Å². The lowest BCUT2D eigenvalue weighted by molar-refractivity contribution is -0.142. The number of hydrogen-bond acceptors (Lipinski definition) is 4. The first kappa shape index (κ1) is 14.9. The highest BCUT2D eigenvalue weighted by atomic mass is 16.5. The molecule has 0 radical (unpaired) electrons. The highest BCUT2D eigenvalue weighted by molar-refractivity contribution is 5.76. The topological polar surface area (TPSA) is 67.4 Å². The first-order valence-electron chi connectivity index (χ1n) is 5.83. The molecule has 0 saturated carbocycles. The van der Waals surface area contributed by atoms with Crippen LogP contribution in [0.4, 0.5) is 0 Å². The number of ether oxygens (including phenoxy) is 1. The van der Waals surface area contributed by atoms with E-state index >= 15 is 0 Å². The summed E-state index contributed by atoms with van der Waals surface area (Å²) >= 11 is 0. The monoisotopic (exact) mass is 230 g/mol. The Morgan fingerprint density at radius 3 is 2.62 bits per heavy atom. The second-order valence-corrected chi connectivity index (χ2v) is 3.45. The summed E-state index contributed by atoms with van der Waals surface area (Å²) in [6.45, 7) is 5.69. The third kappa shape index (κ3) is 9.45. The van der Waals surface area contributed by atoms with Gasteiger partial charge in [0, 0.05) is 19.5 Å². The van der Waals surface area contributed by atoms with Crippen molar-refractivity contribution in [3.8, 4) is 0 Å². The van der Waals surface area contributed by atoms with Gasteiger partial charge in [-0.25, -0.2) is 0 Å². The third-order valence-corrected chi connectivity index (χ3v) is 1.93. The smallest absolute Gasteiger partial charge is 0.319 e. The van der Waals surface area contributed by atoms with Crippen LogP contribution >= 0.6 is 0 Å². The molecule has 0 atom stereocenters. The lowest BCUT2D eigenvalue weighted by Crippen LogP contribution is -2.30. The summed E-state index contributed by atoms with van der Waals surface area (Å²) in [7, 11) is 0. The average Bonchev–Trinajstić information content (AvgIpc) is 2.25. The Bertz CT molecular complexity index is 207. The van der Waals surface area contributed by atoms with Crippen molar-refractivity contribution >= 4 is 11.9 Å². The molecule has 0 aromatic carbocycles. The number of rotatable bonds is 9. The molecule has 5 nitrogen and oxygen atoms in total. The van der Waals surface area contributed by atoms with E-state index in [1.54, 1.807) is 0 Å². The molecule has 5 heteroatoms. The van der Waals surface area contributed by atoms with Crippen LogP contribution in [0.5, 0.6) is 0 Å². The van der Waals surface area contributed by atoms with Crippen LogP contribution in [-0.2, 0) is 14.3 Å². The van der Waals surface area contributed by atoms with Crippen molar-refractivity contribution in [2.75, 3.05) is 26.2 Å². The molecule has 1 amide bonds. The summed E-state index contributed by atoms with van der Waals surface area (Å²) in [5.41, 5.74) is 0. The Morgan fingerprint density at radius 2 is 2.00 bits per heavy atom. The lowest BCUT2D eigenvalue weighted by Gasteiger charge is -2.05. The van der Waals surface area contributed by atoms with Gasteiger partial charge in [-0.05, 0) is 13.3 Å². The van der Waals surface area contributed by atoms with Crippen molar-refractivity contribution in [1.82, 2.24) is 10.6 Å². The van der Waals surface area contributed by atoms with Crippen molar-refractivity contribution in [2.24, 2.45) is 0 Å². The summed E-state index contributed by atoms with van der Waals surface area (Å²) in [6, 6.07) is 0. The predicted octanol–water partition coefficient (Wildman–Crippen LogP) is 0.446. The molecule has 0 unspecified atom stereocenters. The molecular weight excluding hydrogens is 208 g/mol. The fourth-order valence-corrected chi connectivity index (χ4v) is 1.06. The number of amides is 1. The minimum absolute atomic E-state index is 0.00523. The van der Waals surface area contributed by atoms with E-state index in [9.17, 15) is 9.59 Å². The zero-order valence-electron chi connectivity index (χ0n) is 10.2. The molecule has 94 valence electrons. The summed E-state index contributed by atoms with van der Waals surface area (Å²) < 4.78 is 4.93. The van der Waals surface area contributed by atoms with Gasteiger partial charge in [-0.1, -0.05) is 13.3 Å². The molecular formula is C11H22N2O3. The van der Waals surface area contributed by atoms with Crippen LogP contribution in [0.25, 0.3) is 0 Å². The van der Waals surface area contributed by atoms with E-state index in [4.69, 9.17) is 4.74 Å². The van der Waals surface area contributed by atoms with Gasteiger partial charge in [0.1, 0.15) is 0 Å². The Kier molecular flexibility index (Phi) is 9.70. The molecule has 16 heavy (non-hydrogen) atoms. The van der Waals surface area contributed by atoms with Crippen LogP contribution in [0.2, 0.25) is 0 Å². The molecule has 0 heterocycles. The van der Waals surface area contributed by atoms with E-state index in [1.165, 1.54) is 0 Å². The molecule has 0 aromatic heterocycles. The number of hydrogen-bond donors (Lipinski definition) is 2. The molecule has 0 aliphatic carbocycles. The minimum atomic E-state index is -0.260. The van der Waals surface area contributed by atoms with E-state index in [0.717, 1.165) is 12.8 Å². The van der Waals surface area contributed by atoms with Gasteiger partial charge in [0.05, 0.1) is 13.2 Å². The first-order chi connectivity index (χ1) is 7.70. The quantitative estimate of drug-likeness (QED) is 0.445. The second kappa shape index (κ2) is 10.4. The zero-order valence-corrected chi connectivity index (χ0v) is 10.2. The lowest BCUT2D eigenvalue weighted by atomic mass is 10.4. The molecule has 0 bridgehead atoms. The maximum Gasteiger partial charge on any atom is 0.319 e. The standard InChI is InChI=1S/C11H22N2O3/c1-3-5-8-16-11(15)9-12-7-6-10(14)13-4-2/h12H,3-9H2,1-2H3,(H,13,14). The van der Waals surface area contributed by atoms with Gasteiger partial charge in [0.15, 0.2) is 0 Å². The van der Waals surface area contributed by atoms with Crippen LogP contribution in [0, 0.1) is 0 Å². The second-order valence-electron chi connectivity index (χ2n) is 3.45. The highest BCUT2D eigenvalue weighted by Crippen LogP contribution is 1.88. The molecule has 0 saturated heterocycles.